The minimum Gasteiger partial charge on any atom is -0.378 e. The predicted octanol–water partition coefficient (Wildman–Crippen LogP) is 2.00. The fourth-order valence-electron chi connectivity index (χ4n) is 2.87. The highest BCUT2D eigenvalue weighted by molar-refractivity contribution is 5.10. The third-order valence-corrected chi connectivity index (χ3v) is 3.98. The van der Waals surface area contributed by atoms with Gasteiger partial charge in [-0.3, -0.25) is 5.32 Å². The summed E-state index contributed by atoms with van der Waals surface area (Å²) >= 11 is 0. The Hall–Kier alpha value is -0.630. The molecule has 0 amide bonds. The van der Waals surface area contributed by atoms with E-state index in [-0.39, 0.29) is 6.10 Å². The molecule has 4 nitrogen and oxygen atoms in total. The first-order valence-corrected chi connectivity index (χ1v) is 7.17. The Morgan fingerprint density at radius 1 is 1.33 bits per heavy atom. The highest BCUT2D eigenvalue weighted by atomic mass is 16.5. The normalized spacial score (nSPS) is 36.4. The van der Waals surface area contributed by atoms with Gasteiger partial charge in [-0.25, -0.2) is 0 Å². The Bertz CT molecular complexity index is 295. The molecule has 3 unspecified atom stereocenters. The summed E-state index contributed by atoms with van der Waals surface area (Å²) in [5, 5.41) is 12.9. The fourth-order valence-corrected chi connectivity index (χ4v) is 2.87. The number of ether oxygens (including phenoxy) is 2. The molecule has 0 aromatic carbocycles. The highest BCUT2D eigenvalue weighted by Gasteiger charge is 2.37. The predicted molar refractivity (Wildman–Crippen MR) is 69.2 cm³/mol. The number of nitriles is 1. The lowest BCUT2D eigenvalue weighted by atomic mass is 9.86. The highest BCUT2D eigenvalue weighted by Crippen LogP contribution is 2.27. The van der Waals surface area contributed by atoms with Gasteiger partial charge >= 0.3 is 0 Å². The van der Waals surface area contributed by atoms with Crippen molar-refractivity contribution in [2.24, 2.45) is 0 Å². The van der Waals surface area contributed by atoms with Crippen LogP contribution < -0.4 is 5.32 Å². The number of hydrogen-bond donors (Lipinski definition) is 1. The van der Waals surface area contributed by atoms with Gasteiger partial charge in [0.2, 0.25) is 0 Å². The average molecular weight is 252 g/mol. The van der Waals surface area contributed by atoms with E-state index >= 15 is 0 Å². The minimum atomic E-state index is -0.399. The first kappa shape index (κ1) is 13.8. The first-order valence-electron chi connectivity index (χ1n) is 7.17. The lowest BCUT2D eigenvalue weighted by Crippen LogP contribution is -2.52. The molecule has 1 N–H and O–H groups in total. The van der Waals surface area contributed by atoms with Crippen molar-refractivity contribution in [2.75, 3.05) is 19.8 Å². The van der Waals surface area contributed by atoms with Crippen LogP contribution >= 0.6 is 0 Å². The molecule has 18 heavy (non-hydrogen) atoms. The molecule has 0 aromatic rings. The first-order chi connectivity index (χ1) is 8.78. The van der Waals surface area contributed by atoms with Gasteiger partial charge < -0.3 is 9.47 Å². The summed E-state index contributed by atoms with van der Waals surface area (Å²) < 4.78 is 11.3. The average Bonchev–Trinajstić information content (AvgIpc) is 2.90. The van der Waals surface area contributed by atoms with Crippen LogP contribution in [0, 0.1) is 11.3 Å². The maximum absolute atomic E-state index is 9.49. The fraction of sp³-hybridized carbons (Fsp3) is 0.929. The van der Waals surface area contributed by atoms with Crippen LogP contribution in [-0.2, 0) is 9.47 Å². The van der Waals surface area contributed by atoms with E-state index in [1.165, 1.54) is 0 Å². The number of nitrogens with one attached hydrogen (secondary N) is 1. The molecular formula is C14H24N2O2. The van der Waals surface area contributed by atoms with E-state index < -0.39 is 5.54 Å². The summed E-state index contributed by atoms with van der Waals surface area (Å²) in [7, 11) is 0. The van der Waals surface area contributed by atoms with Crippen molar-refractivity contribution in [1.82, 2.24) is 5.32 Å². The van der Waals surface area contributed by atoms with Gasteiger partial charge in [0, 0.05) is 32.6 Å². The standard InChI is InChI=1S/C14H24N2O2/c1-2-4-12-9-14(11-15,6-8-18-12)16-10-13-5-3-7-17-13/h12-13,16H,2-10H2,1H3. The summed E-state index contributed by atoms with van der Waals surface area (Å²) in [4.78, 5) is 0. The third-order valence-electron chi connectivity index (χ3n) is 3.98. The molecule has 4 heteroatoms. The van der Waals surface area contributed by atoms with Crippen LogP contribution in [-0.4, -0.2) is 37.5 Å². The second kappa shape index (κ2) is 6.51. The summed E-state index contributed by atoms with van der Waals surface area (Å²) in [5.41, 5.74) is -0.399. The molecule has 0 aliphatic carbocycles. The Morgan fingerprint density at radius 2 is 2.17 bits per heavy atom. The molecule has 2 rings (SSSR count). The molecule has 2 aliphatic heterocycles. The summed E-state index contributed by atoms with van der Waals surface area (Å²) in [6.07, 6.45) is 6.54. The molecule has 0 radical (unpaired) electrons. The summed E-state index contributed by atoms with van der Waals surface area (Å²) in [5.74, 6) is 0. The van der Waals surface area contributed by atoms with Crippen LogP contribution in [0.5, 0.6) is 0 Å². The van der Waals surface area contributed by atoms with E-state index in [0.717, 1.165) is 51.7 Å². The van der Waals surface area contributed by atoms with Gasteiger partial charge in [-0.2, -0.15) is 5.26 Å². The second-order valence-corrected chi connectivity index (χ2v) is 5.45. The number of nitrogens with zero attached hydrogens (tertiary/aromatic N) is 1. The van der Waals surface area contributed by atoms with E-state index in [2.05, 4.69) is 18.3 Å². The van der Waals surface area contributed by atoms with Crippen LogP contribution in [0.2, 0.25) is 0 Å². The monoisotopic (exact) mass is 252 g/mol. The van der Waals surface area contributed by atoms with Crippen molar-refractivity contribution in [3.05, 3.63) is 0 Å². The molecule has 2 fully saturated rings. The molecule has 3 atom stereocenters. The van der Waals surface area contributed by atoms with Gasteiger partial charge in [-0.05, 0) is 19.3 Å². The zero-order valence-corrected chi connectivity index (χ0v) is 11.3. The molecule has 0 bridgehead atoms. The molecule has 0 spiro atoms. The number of hydrogen-bond acceptors (Lipinski definition) is 4. The van der Waals surface area contributed by atoms with Crippen LogP contribution in [0.1, 0.15) is 45.4 Å². The minimum absolute atomic E-state index is 0.236. The Labute approximate surface area is 110 Å². The largest absolute Gasteiger partial charge is 0.378 e. The molecule has 0 saturated carbocycles. The lowest BCUT2D eigenvalue weighted by molar-refractivity contribution is -0.0216. The third kappa shape index (κ3) is 3.44. The maximum atomic E-state index is 9.49. The molecular weight excluding hydrogens is 228 g/mol. The lowest BCUT2D eigenvalue weighted by Gasteiger charge is -2.37. The van der Waals surface area contributed by atoms with Crippen molar-refractivity contribution in [1.29, 1.82) is 5.26 Å². The van der Waals surface area contributed by atoms with Crippen molar-refractivity contribution in [3.63, 3.8) is 0 Å². The Morgan fingerprint density at radius 3 is 2.83 bits per heavy atom. The molecule has 2 aliphatic rings. The Kier molecular flexibility index (Phi) is 4.99. The van der Waals surface area contributed by atoms with Gasteiger partial charge in [0.25, 0.3) is 0 Å². The van der Waals surface area contributed by atoms with Gasteiger partial charge in [0.15, 0.2) is 0 Å². The van der Waals surface area contributed by atoms with E-state index in [1.54, 1.807) is 0 Å². The van der Waals surface area contributed by atoms with Crippen LogP contribution in [0.25, 0.3) is 0 Å². The maximum Gasteiger partial charge on any atom is 0.111 e. The molecule has 2 saturated heterocycles. The van der Waals surface area contributed by atoms with Crippen LogP contribution in [0.15, 0.2) is 0 Å². The van der Waals surface area contributed by atoms with Crippen LogP contribution in [0.4, 0.5) is 0 Å². The smallest absolute Gasteiger partial charge is 0.111 e. The van der Waals surface area contributed by atoms with E-state index in [1.807, 2.05) is 0 Å². The zero-order valence-electron chi connectivity index (χ0n) is 11.3. The SMILES string of the molecule is CCCC1CC(C#N)(NCC2CCCO2)CCO1. The molecule has 2 heterocycles. The van der Waals surface area contributed by atoms with E-state index in [4.69, 9.17) is 9.47 Å². The zero-order chi connectivity index (χ0) is 12.8. The second-order valence-electron chi connectivity index (χ2n) is 5.45. The molecule has 102 valence electrons. The van der Waals surface area contributed by atoms with Gasteiger partial charge in [0.05, 0.1) is 18.3 Å². The van der Waals surface area contributed by atoms with Gasteiger partial charge in [-0.15, -0.1) is 0 Å². The van der Waals surface area contributed by atoms with Crippen molar-refractivity contribution in [2.45, 2.75) is 63.2 Å². The number of rotatable bonds is 5. The Balaban J connectivity index is 1.86. The van der Waals surface area contributed by atoms with Gasteiger partial charge in [0.1, 0.15) is 5.54 Å². The van der Waals surface area contributed by atoms with Crippen molar-refractivity contribution >= 4 is 0 Å². The topological polar surface area (TPSA) is 54.3 Å². The van der Waals surface area contributed by atoms with Gasteiger partial charge in [-0.1, -0.05) is 13.3 Å². The summed E-state index contributed by atoms with van der Waals surface area (Å²) in [6.45, 7) is 4.52. The van der Waals surface area contributed by atoms with E-state index in [0.29, 0.717) is 12.7 Å². The van der Waals surface area contributed by atoms with Crippen molar-refractivity contribution < 1.29 is 9.47 Å². The molecule has 0 aromatic heterocycles. The quantitative estimate of drug-likeness (QED) is 0.813. The van der Waals surface area contributed by atoms with Crippen molar-refractivity contribution in [3.8, 4) is 6.07 Å². The van der Waals surface area contributed by atoms with E-state index in [9.17, 15) is 5.26 Å². The van der Waals surface area contributed by atoms with Crippen LogP contribution in [0.3, 0.4) is 0 Å². The summed E-state index contributed by atoms with van der Waals surface area (Å²) in [6, 6.07) is 2.48.